The molecule has 1 rings (SSSR count). The van der Waals surface area contributed by atoms with Crippen molar-refractivity contribution in [2.75, 3.05) is 26.8 Å². The van der Waals surface area contributed by atoms with Crippen molar-refractivity contribution < 1.29 is 14.3 Å². The number of carbonyl (C=O) groups is 1. The Morgan fingerprint density at radius 3 is 2.68 bits per heavy atom. The summed E-state index contributed by atoms with van der Waals surface area (Å²) < 4.78 is 10.7. The lowest BCUT2D eigenvalue weighted by atomic mass is 10.2. The van der Waals surface area contributed by atoms with E-state index in [1.54, 1.807) is 13.2 Å². The van der Waals surface area contributed by atoms with E-state index in [9.17, 15) is 4.79 Å². The van der Waals surface area contributed by atoms with Crippen LogP contribution in [0.3, 0.4) is 0 Å². The maximum atomic E-state index is 11.4. The molecule has 1 aromatic rings. The molecule has 106 valence electrons. The lowest BCUT2D eigenvalue weighted by molar-refractivity contribution is -0.122. The number of methoxy groups -OCH3 is 1. The van der Waals surface area contributed by atoms with Gasteiger partial charge in [0.15, 0.2) is 6.61 Å². The fraction of sp³-hybridized carbons (Fsp3) is 0.500. The van der Waals surface area contributed by atoms with Gasteiger partial charge in [0.25, 0.3) is 5.91 Å². The molecule has 0 unspecified atom stereocenters. The van der Waals surface area contributed by atoms with Gasteiger partial charge in [0.1, 0.15) is 11.5 Å². The van der Waals surface area contributed by atoms with Gasteiger partial charge in [-0.3, -0.25) is 4.79 Å². The first-order chi connectivity index (χ1) is 9.21. The van der Waals surface area contributed by atoms with Crippen LogP contribution in [-0.2, 0) is 11.3 Å². The summed E-state index contributed by atoms with van der Waals surface area (Å²) in [6.07, 6.45) is 0. The number of carbonyl (C=O) groups excluding carboxylic acids is 1. The minimum absolute atomic E-state index is 0.0140. The maximum absolute atomic E-state index is 11.4. The second-order valence-corrected chi connectivity index (χ2v) is 4.00. The molecule has 2 N–H and O–H groups in total. The second-order valence-electron chi connectivity index (χ2n) is 4.00. The Bertz CT molecular complexity index is 408. The molecule has 19 heavy (non-hydrogen) atoms. The van der Waals surface area contributed by atoms with Gasteiger partial charge < -0.3 is 20.1 Å². The van der Waals surface area contributed by atoms with Crippen molar-refractivity contribution >= 4 is 5.91 Å². The third kappa shape index (κ3) is 5.18. The minimum atomic E-state index is -0.125. The number of rotatable bonds is 8. The van der Waals surface area contributed by atoms with Gasteiger partial charge in [-0.25, -0.2) is 0 Å². The third-order valence-corrected chi connectivity index (χ3v) is 2.57. The van der Waals surface area contributed by atoms with Crippen molar-refractivity contribution in [1.29, 1.82) is 0 Å². The highest BCUT2D eigenvalue weighted by Gasteiger charge is 2.08. The first-order valence-corrected chi connectivity index (χ1v) is 6.48. The van der Waals surface area contributed by atoms with Crippen molar-refractivity contribution in [3.63, 3.8) is 0 Å². The van der Waals surface area contributed by atoms with E-state index in [1.165, 1.54) is 0 Å². The molecule has 5 nitrogen and oxygen atoms in total. The first-order valence-electron chi connectivity index (χ1n) is 6.48. The smallest absolute Gasteiger partial charge is 0.257 e. The molecule has 0 aliphatic heterocycles. The number of nitrogens with one attached hydrogen (secondary N) is 2. The number of hydrogen-bond donors (Lipinski definition) is 2. The monoisotopic (exact) mass is 266 g/mol. The van der Waals surface area contributed by atoms with Crippen LogP contribution in [0.25, 0.3) is 0 Å². The molecule has 0 aliphatic carbocycles. The fourth-order valence-electron chi connectivity index (χ4n) is 1.59. The topological polar surface area (TPSA) is 59.6 Å². The van der Waals surface area contributed by atoms with Crippen LogP contribution < -0.4 is 20.1 Å². The summed E-state index contributed by atoms with van der Waals surface area (Å²) in [5.74, 6) is 1.26. The van der Waals surface area contributed by atoms with Crippen LogP contribution in [0.1, 0.15) is 19.4 Å². The van der Waals surface area contributed by atoms with E-state index in [1.807, 2.05) is 26.0 Å². The average Bonchev–Trinajstić information content (AvgIpc) is 2.43. The summed E-state index contributed by atoms with van der Waals surface area (Å²) >= 11 is 0. The standard InChI is InChI=1S/C14H22N2O3/c1-4-15-9-11-6-7-12(18-3)8-13(11)19-10-14(17)16-5-2/h6-8,15H,4-5,9-10H2,1-3H3,(H,16,17). The van der Waals surface area contributed by atoms with Crippen LogP contribution in [0.5, 0.6) is 11.5 Å². The Balaban J connectivity index is 2.73. The lowest BCUT2D eigenvalue weighted by Crippen LogP contribution is -2.28. The molecular formula is C14H22N2O3. The van der Waals surface area contributed by atoms with E-state index < -0.39 is 0 Å². The summed E-state index contributed by atoms with van der Waals surface area (Å²) in [5.41, 5.74) is 1.01. The molecule has 1 aromatic carbocycles. The van der Waals surface area contributed by atoms with Crippen LogP contribution in [0.15, 0.2) is 18.2 Å². The molecule has 0 atom stereocenters. The first kappa shape index (κ1) is 15.3. The van der Waals surface area contributed by atoms with Crippen molar-refractivity contribution in [3.8, 4) is 11.5 Å². The van der Waals surface area contributed by atoms with E-state index in [0.717, 1.165) is 12.1 Å². The normalized spacial score (nSPS) is 10.1. The molecule has 0 aliphatic rings. The highest BCUT2D eigenvalue weighted by molar-refractivity contribution is 5.77. The van der Waals surface area contributed by atoms with E-state index in [4.69, 9.17) is 9.47 Å². The van der Waals surface area contributed by atoms with Gasteiger partial charge in [0.05, 0.1) is 7.11 Å². The molecule has 0 radical (unpaired) electrons. The number of likely N-dealkylation sites (N-methyl/N-ethyl adjacent to an activating group) is 1. The van der Waals surface area contributed by atoms with Crippen molar-refractivity contribution in [2.24, 2.45) is 0 Å². The highest BCUT2D eigenvalue weighted by Crippen LogP contribution is 2.24. The third-order valence-electron chi connectivity index (χ3n) is 2.57. The molecule has 5 heteroatoms. The van der Waals surface area contributed by atoms with Crippen molar-refractivity contribution in [3.05, 3.63) is 23.8 Å². The maximum Gasteiger partial charge on any atom is 0.257 e. The van der Waals surface area contributed by atoms with Gasteiger partial charge in [-0.05, 0) is 19.5 Å². The second kappa shape index (κ2) is 8.37. The highest BCUT2D eigenvalue weighted by atomic mass is 16.5. The van der Waals surface area contributed by atoms with Crippen LogP contribution in [0.2, 0.25) is 0 Å². The largest absolute Gasteiger partial charge is 0.497 e. The molecule has 1 amide bonds. The Hall–Kier alpha value is -1.75. The molecule has 0 saturated heterocycles. The Morgan fingerprint density at radius 2 is 2.05 bits per heavy atom. The van der Waals surface area contributed by atoms with Gasteiger partial charge in [-0.15, -0.1) is 0 Å². The van der Waals surface area contributed by atoms with Gasteiger partial charge in [-0.2, -0.15) is 0 Å². The van der Waals surface area contributed by atoms with Crippen LogP contribution in [-0.4, -0.2) is 32.7 Å². The predicted molar refractivity (Wildman–Crippen MR) is 74.6 cm³/mol. The van der Waals surface area contributed by atoms with Crippen LogP contribution in [0, 0.1) is 0 Å². The zero-order chi connectivity index (χ0) is 14.1. The molecule has 0 aromatic heterocycles. The summed E-state index contributed by atoms with van der Waals surface area (Å²) in [5, 5.41) is 5.93. The van der Waals surface area contributed by atoms with Crippen LogP contribution >= 0.6 is 0 Å². The van der Waals surface area contributed by atoms with Crippen molar-refractivity contribution in [1.82, 2.24) is 10.6 Å². The van der Waals surface area contributed by atoms with Gasteiger partial charge >= 0.3 is 0 Å². The van der Waals surface area contributed by atoms with E-state index in [0.29, 0.717) is 24.6 Å². The summed E-state index contributed by atoms with van der Waals surface area (Å²) in [6.45, 7) is 6.11. The zero-order valence-electron chi connectivity index (χ0n) is 11.8. The van der Waals surface area contributed by atoms with Gasteiger partial charge in [-0.1, -0.05) is 13.0 Å². The van der Waals surface area contributed by atoms with Gasteiger partial charge in [0, 0.05) is 24.7 Å². The number of benzene rings is 1. The molecular weight excluding hydrogens is 244 g/mol. The molecule has 0 saturated carbocycles. The van der Waals surface area contributed by atoms with Gasteiger partial charge in [0.2, 0.25) is 0 Å². The summed E-state index contributed by atoms with van der Waals surface area (Å²) in [6, 6.07) is 5.62. The number of amides is 1. The van der Waals surface area contributed by atoms with E-state index >= 15 is 0 Å². The molecule has 0 fully saturated rings. The molecule has 0 spiro atoms. The summed E-state index contributed by atoms with van der Waals surface area (Å²) in [4.78, 5) is 11.4. The lowest BCUT2D eigenvalue weighted by Gasteiger charge is -2.13. The van der Waals surface area contributed by atoms with E-state index in [-0.39, 0.29) is 12.5 Å². The summed E-state index contributed by atoms with van der Waals surface area (Å²) in [7, 11) is 1.60. The molecule has 0 bridgehead atoms. The zero-order valence-corrected chi connectivity index (χ0v) is 11.8. The average molecular weight is 266 g/mol. The van der Waals surface area contributed by atoms with E-state index in [2.05, 4.69) is 10.6 Å². The molecule has 0 heterocycles. The minimum Gasteiger partial charge on any atom is -0.497 e. The quantitative estimate of drug-likeness (QED) is 0.745. The number of hydrogen-bond acceptors (Lipinski definition) is 4. The Labute approximate surface area is 114 Å². The SMILES string of the molecule is CCNCc1ccc(OC)cc1OCC(=O)NCC. The fourth-order valence-corrected chi connectivity index (χ4v) is 1.59. The number of ether oxygens (including phenoxy) is 2. The Kier molecular flexibility index (Phi) is 6.74. The van der Waals surface area contributed by atoms with Crippen LogP contribution in [0.4, 0.5) is 0 Å². The predicted octanol–water partition coefficient (Wildman–Crippen LogP) is 1.32. The Morgan fingerprint density at radius 1 is 1.26 bits per heavy atom. The van der Waals surface area contributed by atoms with Crippen molar-refractivity contribution in [2.45, 2.75) is 20.4 Å².